The summed E-state index contributed by atoms with van der Waals surface area (Å²) in [6, 6.07) is 4.27. The fraction of sp³-hybridized carbons (Fsp3) is 0.643. The lowest BCUT2D eigenvalue weighted by atomic mass is 9.77. The highest BCUT2D eigenvalue weighted by atomic mass is 16.5. The summed E-state index contributed by atoms with van der Waals surface area (Å²) in [6.45, 7) is 1.39. The number of ether oxygens (including phenoxy) is 2. The van der Waals surface area contributed by atoms with Crippen molar-refractivity contribution in [3.63, 3.8) is 0 Å². The highest BCUT2D eigenvalue weighted by molar-refractivity contribution is 5.25. The Kier molecular flexibility index (Phi) is 3.20. The van der Waals surface area contributed by atoms with Crippen LogP contribution in [0.5, 0.6) is 5.88 Å². The van der Waals surface area contributed by atoms with Crippen LogP contribution in [0, 0.1) is 0 Å². The number of aliphatic hydroxyl groups is 1. The zero-order valence-electron chi connectivity index (χ0n) is 11.4. The number of likely N-dealkylation sites (N-methyl/N-ethyl adjacent to an activating group) is 1. The number of aromatic nitrogens is 1. The Morgan fingerprint density at radius 2 is 2.05 bits per heavy atom. The van der Waals surface area contributed by atoms with Crippen molar-refractivity contribution in [2.75, 3.05) is 27.4 Å². The standard InChI is InChI=1S/C14H20N2O3/c1-16-11-5-14(17,6-12(16)9-19-8-11)10-3-4-13(18-2)15-7-10/h3-4,7,11-12,17H,5-6,8-9H2,1-2H3. The molecule has 0 aromatic carbocycles. The molecule has 5 nitrogen and oxygen atoms in total. The van der Waals surface area contributed by atoms with E-state index in [1.165, 1.54) is 0 Å². The summed E-state index contributed by atoms with van der Waals surface area (Å²) in [6.07, 6.45) is 3.10. The van der Waals surface area contributed by atoms with Crippen LogP contribution < -0.4 is 4.74 Å². The van der Waals surface area contributed by atoms with Gasteiger partial charge in [0, 0.05) is 29.9 Å². The maximum absolute atomic E-state index is 11.0. The summed E-state index contributed by atoms with van der Waals surface area (Å²) in [4.78, 5) is 6.53. The maximum atomic E-state index is 11.0. The monoisotopic (exact) mass is 264 g/mol. The number of morpholine rings is 1. The predicted molar refractivity (Wildman–Crippen MR) is 70.1 cm³/mol. The molecule has 0 aliphatic carbocycles. The second-order valence-corrected chi connectivity index (χ2v) is 5.54. The SMILES string of the molecule is COc1ccc(C2(O)CC3COCC(C2)N3C)cn1. The number of hydrogen-bond donors (Lipinski definition) is 1. The molecule has 2 saturated heterocycles. The van der Waals surface area contributed by atoms with E-state index in [-0.39, 0.29) is 12.1 Å². The average Bonchev–Trinajstić information content (AvgIpc) is 2.41. The summed E-state index contributed by atoms with van der Waals surface area (Å²) >= 11 is 0. The summed E-state index contributed by atoms with van der Waals surface area (Å²) < 4.78 is 10.6. The smallest absolute Gasteiger partial charge is 0.212 e. The lowest BCUT2D eigenvalue weighted by Crippen LogP contribution is -2.59. The van der Waals surface area contributed by atoms with E-state index < -0.39 is 5.60 Å². The van der Waals surface area contributed by atoms with Gasteiger partial charge >= 0.3 is 0 Å². The van der Waals surface area contributed by atoms with E-state index in [0.29, 0.717) is 31.9 Å². The van der Waals surface area contributed by atoms with Crippen LogP contribution >= 0.6 is 0 Å². The second-order valence-electron chi connectivity index (χ2n) is 5.54. The van der Waals surface area contributed by atoms with Crippen molar-refractivity contribution in [3.05, 3.63) is 23.9 Å². The van der Waals surface area contributed by atoms with Crippen molar-refractivity contribution >= 4 is 0 Å². The number of methoxy groups -OCH3 is 1. The fourth-order valence-electron chi connectivity index (χ4n) is 3.15. The Labute approximate surface area is 113 Å². The molecule has 3 heterocycles. The zero-order chi connectivity index (χ0) is 13.5. The Bertz CT molecular complexity index is 435. The molecule has 3 rings (SSSR count). The van der Waals surface area contributed by atoms with Gasteiger partial charge in [0.25, 0.3) is 0 Å². The van der Waals surface area contributed by atoms with Gasteiger partial charge in [-0.3, -0.25) is 4.90 Å². The molecule has 1 N–H and O–H groups in total. The molecule has 19 heavy (non-hydrogen) atoms. The van der Waals surface area contributed by atoms with Gasteiger partial charge in [0.15, 0.2) is 0 Å². The summed E-state index contributed by atoms with van der Waals surface area (Å²) in [5, 5.41) is 11.0. The van der Waals surface area contributed by atoms with Crippen LogP contribution in [0.4, 0.5) is 0 Å². The van der Waals surface area contributed by atoms with Gasteiger partial charge in [-0.2, -0.15) is 0 Å². The van der Waals surface area contributed by atoms with Crippen LogP contribution in [0.1, 0.15) is 18.4 Å². The number of nitrogens with zero attached hydrogens (tertiary/aromatic N) is 2. The first-order valence-corrected chi connectivity index (χ1v) is 6.65. The van der Waals surface area contributed by atoms with Crippen LogP contribution in [-0.2, 0) is 10.3 Å². The normalized spacial score (nSPS) is 35.1. The predicted octanol–water partition coefficient (Wildman–Crippen LogP) is 0.771. The molecule has 0 radical (unpaired) electrons. The molecule has 2 bridgehead atoms. The molecular weight excluding hydrogens is 244 g/mol. The molecule has 2 fully saturated rings. The number of piperidine rings is 1. The average molecular weight is 264 g/mol. The minimum Gasteiger partial charge on any atom is -0.481 e. The first-order valence-electron chi connectivity index (χ1n) is 6.65. The van der Waals surface area contributed by atoms with E-state index in [0.717, 1.165) is 5.56 Å². The quantitative estimate of drug-likeness (QED) is 0.855. The summed E-state index contributed by atoms with van der Waals surface area (Å²) in [5.74, 6) is 0.573. The fourth-order valence-corrected chi connectivity index (χ4v) is 3.15. The third-order valence-corrected chi connectivity index (χ3v) is 4.40. The van der Waals surface area contributed by atoms with Gasteiger partial charge in [0.2, 0.25) is 5.88 Å². The van der Waals surface area contributed by atoms with Crippen molar-refractivity contribution in [2.24, 2.45) is 0 Å². The van der Waals surface area contributed by atoms with E-state index in [4.69, 9.17) is 9.47 Å². The zero-order valence-corrected chi connectivity index (χ0v) is 11.4. The molecule has 0 spiro atoms. The van der Waals surface area contributed by atoms with Gasteiger partial charge in [0.1, 0.15) is 0 Å². The minimum atomic E-state index is -0.801. The third-order valence-electron chi connectivity index (χ3n) is 4.40. The van der Waals surface area contributed by atoms with Gasteiger partial charge in [-0.05, 0) is 26.0 Å². The van der Waals surface area contributed by atoms with E-state index in [9.17, 15) is 5.11 Å². The first-order chi connectivity index (χ1) is 9.12. The Morgan fingerprint density at radius 3 is 2.58 bits per heavy atom. The van der Waals surface area contributed by atoms with Crippen molar-refractivity contribution in [1.29, 1.82) is 0 Å². The first kappa shape index (κ1) is 12.8. The van der Waals surface area contributed by atoms with E-state index in [1.807, 2.05) is 6.07 Å². The number of pyridine rings is 1. The van der Waals surface area contributed by atoms with Gasteiger partial charge in [-0.1, -0.05) is 0 Å². The van der Waals surface area contributed by atoms with Crippen LogP contribution in [0.25, 0.3) is 0 Å². The van der Waals surface area contributed by atoms with E-state index in [1.54, 1.807) is 19.4 Å². The second kappa shape index (κ2) is 4.74. The molecular formula is C14H20N2O3. The molecule has 0 saturated carbocycles. The molecule has 5 heteroatoms. The number of rotatable bonds is 2. The molecule has 1 aromatic rings. The maximum Gasteiger partial charge on any atom is 0.212 e. The largest absolute Gasteiger partial charge is 0.481 e. The van der Waals surface area contributed by atoms with Gasteiger partial charge < -0.3 is 14.6 Å². The van der Waals surface area contributed by atoms with Crippen LogP contribution in [0.2, 0.25) is 0 Å². The molecule has 2 aliphatic rings. The van der Waals surface area contributed by atoms with E-state index in [2.05, 4.69) is 16.9 Å². The van der Waals surface area contributed by atoms with Crippen molar-refractivity contribution in [2.45, 2.75) is 30.5 Å². The molecule has 0 amide bonds. The third kappa shape index (κ3) is 2.22. The Hall–Kier alpha value is -1.17. The van der Waals surface area contributed by atoms with Crippen LogP contribution in [0.3, 0.4) is 0 Å². The van der Waals surface area contributed by atoms with E-state index >= 15 is 0 Å². The molecule has 2 aliphatic heterocycles. The van der Waals surface area contributed by atoms with Crippen molar-refractivity contribution in [1.82, 2.24) is 9.88 Å². The van der Waals surface area contributed by atoms with Crippen LogP contribution in [0.15, 0.2) is 18.3 Å². The Balaban J connectivity index is 1.86. The Morgan fingerprint density at radius 1 is 1.37 bits per heavy atom. The summed E-state index contributed by atoms with van der Waals surface area (Å²) in [7, 11) is 3.71. The number of fused-ring (bicyclic) bond motifs is 2. The van der Waals surface area contributed by atoms with Gasteiger partial charge in [0.05, 0.1) is 25.9 Å². The molecule has 2 atom stereocenters. The lowest BCUT2D eigenvalue weighted by molar-refractivity contribution is -0.137. The van der Waals surface area contributed by atoms with Gasteiger partial charge in [-0.25, -0.2) is 4.98 Å². The lowest BCUT2D eigenvalue weighted by Gasteiger charge is -2.50. The van der Waals surface area contributed by atoms with Crippen molar-refractivity contribution < 1.29 is 14.6 Å². The van der Waals surface area contributed by atoms with Gasteiger partial charge in [-0.15, -0.1) is 0 Å². The molecule has 104 valence electrons. The topological polar surface area (TPSA) is 54.8 Å². The summed E-state index contributed by atoms with van der Waals surface area (Å²) in [5.41, 5.74) is 0.0727. The minimum absolute atomic E-state index is 0.277. The van der Waals surface area contributed by atoms with Crippen molar-refractivity contribution in [3.8, 4) is 5.88 Å². The number of hydrogen-bond acceptors (Lipinski definition) is 5. The van der Waals surface area contributed by atoms with Crippen LogP contribution in [-0.4, -0.2) is 54.4 Å². The highest BCUT2D eigenvalue weighted by Gasteiger charge is 2.45. The highest BCUT2D eigenvalue weighted by Crippen LogP contribution is 2.40. The molecule has 1 aromatic heterocycles. The molecule has 2 unspecified atom stereocenters.